The zero-order valence-corrected chi connectivity index (χ0v) is 23.9. The van der Waals surface area contributed by atoms with Crippen molar-refractivity contribution >= 4 is 46.0 Å². The van der Waals surface area contributed by atoms with Crippen molar-refractivity contribution in [2.75, 3.05) is 25.4 Å². The first-order valence-electron chi connectivity index (χ1n) is 13.2. The number of thioether (sulfide) groups is 1. The zero-order valence-electron chi connectivity index (χ0n) is 22.2. The van der Waals surface area contributed by atoms with Gasteiger partial charge in [-0.05, 0) is 74.5 Å². The highest BCUT2D eigenvalue weighted by Gasteiger charge is 2.18. The van der Waals surface area contributed by atoms with Gasteiger partial charge in [-0.3, -0.25) is 4.98 Å². The Morgan fingerprint density at radius 3 is 2.66 bits per heavy atom. The second kappa shape index (κ2) is 11.5. The molecular weight excluding hydrogens is 514 g/mol. The van der Waals surface area contributed by atoms with Crippen molar-refractivity contribution in [3.63, 3.8) is 0 Å². The molecular formula is C30H34ClN5OS. The third-order valence-electron chi connectivity index (χ3n) is 7.52. The number of aromatic nitrogens is 4. The summed E-state index contributed by atoms with van der Waals surface area (Å²) in [6, 6.07) is 15.1. The van der Waals surface area contributed by atoms with Crippen LogP contribution in [-0.4, -0.2) is 50.0 Å². The first kappa shape index (κ1) is 26.7. The molecule has 0 aliphatic carbocycles. The number of fused-ring (bicyclic) bond motifs is 3. The maximum atomic E-state index is 5.58. The fraction of sp³-hybridized carbons (Fsp3) is 0.367. The molecule has 2 aromatic carbocycles. The summed E-state index contributed by atoms with van der Waals surface area (Å²) in [5, 5.41) is 7.79. The van der Waals surface area contributed by atoms with Gasteiger partial charge < -0.3 is 14.0 Å². The van der Waals surface area contributed by atoms with Crippen LogP contribution in [0.2, 0.25) is 0 Å². The molecule has 38 heavy (non-hydrogen) atoms. The smallest absolute Gasteiger partial charge is 0.167 e. The molecule has 0 N–H and O–H groups in total. The quantitative estimate of drug-likeness (QED) is 0.168. The van der Waals surface area contributed by atoms with Crippen molar-refractivity contribution in [2.24, 2.45) is 7.05 Å². The van der Waals surface area contributed by atoms with Crippen LogP contribution in [0.25, 0.3) is 33.3 Å². The largest absolute Gasteiger partial charge is 0.356 e. The first-order valence-corrected chi connectivity index (χ1v) is 14.2. The second-order valence-corrected chi connectivity index (χ2v) is 11.1. The molecule has 0 saturated carbocycles. The normalized spacial score (nSPS) is 14.0. The predicted octanol–water partition coefficient (Wildman–Crippen LogP) is 6.65. The number of rotatable bonds is 7. The standard InChI is InChI=1S/C30H33N5OS.ClH/c1-4-26-25-17-21-11-14-35(15-12-22(21)18-28(25)36-33-26)13-6-16-37-29-19-31-30(34(29)3)24-7-5-8-27-23(24)10-9-20(2)32-27;/h5,7-10,17-19H,4,6,11-16H2,1-3H3;1H. The summed E-state index contributed by atoms with van der Waals surface area (Å²) in [5.41, 5.74) is 8.08. The number of hydrogen-bond donors (Lipinski definition) is 0. The summed E-state index contributed by atoms with van der Waals surface area (Å²) in [6.07, 6.45) is 6.25. The summed E-state index contributed by atoms with van der Waals surface area (Å²) in [7, 11) is 2.12. The van der Waals surface area contributed by atoms with E-state index in [1.807, 2.05) is 24.9 Å². The molecule has 6 rings (SSSR count). The number of pyridine rings is 1. The van der Waals surface area contributed by atoms with Crippen LogP contribution in [0.15, 0.2) is 58.2 Å². The van der Waals surface area contributed by atoms with E-state index in [9.17, 15) is 0 Å². The molecule has 0 unspecified atom stereocenters. The van der Waals surface area contributed by atoms with Crippen molar-refractivity contribution in [3.8, 4) is 11.4 Å². The van der Waals surface area contributed by atoms with E-state index in [0.717, 1.165) is 90.3 Å². The van der Waals surface area contributed by atoms with Crippen LogP contribution >= 0.6 is 24.2 Å². The Hall–Kier alpha value is -2.87. The van der Waals surface area contributed by atoms with Gasteiger partial charge in [0, 0.05) is 47.9 Å². The van der Waals surface area contributed by atoms with Gasteiger partial charge in [-0.15, -0.1) is 24.2 Å². The highest BCUT2D eigenvalue weighted by atomic mass is 35.5. The van der Waals surface area contributed by atoms with E-state index in [4.69, 9.17) is 9.51 Å². The molecule has 6 nitrogen and oxygen atoms in total. The van der Waals surface area contributed by atoms with Gasteiger partial charge in [0.1, 0.15) is 5.82 Å². The van der Waals surface area contributed by atoms with Crippen LogP contribution in [0.5, 0.6) is 0 Å². The summed E-state index contributed by atoms with van der Waals surface area (Å²) < 4.78 is 7.80. The van der Waals surface area contributed by atoms with E-state index in [-0.39, 0.29) is 12.4 Å². The Kier molecular flexibility index (Phi) is 8.07. The van der Waals surface area contributed by atoms with E-state index in [0.29, 0.717) is 0 Å². The lowest BCUT2D eigenvalue weighted by Crippen LogP contribution is -2.27. The number of benzene rings is 2. The average molecular weight is 548 g/mol. The minimum atomic E-state index is 0. The zero-order chi connectivity index (χ0) is 25.4. The van der Waals surface area contributed by atoms with Crippen LogP contribution in [-0.2, 0) is 26.3 Å². The van der Waals surface area contributed by atoms with E-state index < -0.39 is 0 Å². The number of hydrogen-bond acceptors (Lipinski definition) is 6. The third-order valence-corrected chi connectivity index (χ3v) is 8.69. The summed E-state index contributed by atoms with van der Waals surface area (Å²) >= 11 is 1.90. The van der Waals surface area contributed by atoms with Gasteiger partial charge in [0.15, 0.2) is 5.58 Å². The van der Waals surface area contributed by atoms with Gasteiger partial charge in [0.25, 0.3) is 0 Å². The van der Waals surface area contributed by atoms with Gasteiger partial charge in [0.2, 0.25) is 0 Å². The predicted molar refractivity (Wildman–Crippen MR) is 159 cm³/mol. The average Bonchev–Trinajstić information content (AvgIpc) is 3.41. The Labute approximate surface area is 234 Å². The second-order valence-electron chi connectivity index (χ2n) is 9.95. The Morgan fingerprint density at radius 1 is 1.03 bits per heavy atom. The van der Waals surface area contributed by atoms with Crippen molar-refractivity contribution in [2.45, 2.75) is 44.6 Å². The van der Waals surface area contributed by atoms with Crippen LogP contribution in [0.4, 0.5) is 0 Å². The maximum absolute atomic E-state index is 5.58. The summed E-state index contributed by atoms with van der Waals surface area (Å²) in [5.74, 6) is 2.08. The fourth-order valence-electron chi connectivity index (χ4n) is 5.43. The van der Waals surface area contributed by atoms with Crippen molar-refractivity contribution < 1.29 is 4.52 Å². The first-order chi connectivity index (χ1) is 18.1. The van der Waals surface area contributed by atoms with Gasteiger partial charge in [-0.1, -0.05) is 30.3 Å². The SMILES string of the molecule is CCc1noc2cc3c(cc12)CCN(CCCSc1cnc(-c2cccc4nc(C)ccc24)n1C)CC3.Cl. The Bertz CT molecular complexity index is 1580. The van der Waals surface area contributed by atoms with Gasteiger partial charge >= 0.3 is 0 Å². The minimum Gasteiger partial charge on any atom is -0.356 e. The molecule has 0 amide bonds. The fourth-order valence-corrected chi connectivity index (χ4v) is 6.32. The molecule has 4 heterocycles. The van der Waals surface area contributed by atoms with Crippen molar-refractivity contribution in [1.82, 2.24) is 24.6 Å². The Morgan fingerprint density at radius 2 is 1.84 bits per heavy atom. The van der Waals surface area contributed by atoms with Crippen LogP contribution < -0.4 is 0 Å². The lowest BCUT2D eigenvalue weighted by atomic mass is 10.00. The molecule has 0 spiro atoms. The highest BCUT2D eigenvalue weighted by Crippen LogP contribution is 2.31. The molecule has 3 aromatic heterocycles. The molecule has 198 valence electrons. The molecule has 0 atom stereocenters. The lowest BCUT2D eigenvalue weighted by Gasteiger charge is -2.19. The number of nitrogens with zero attached hydrogens (tertiary/aromatic N) is 5. The molecule has 1 aliphatic rings. The van der Waals surface area contributed by atoms with Gasteiger partial charge in [-0.25, -0.2) is 4.98 Å². The Balaban J connectivity index is 0.00000294. The number of halogens is 1. The molecule has 0 saturated heterocycles. The van der Waals surface area contributed by atoms with E-state index in [1.165, 1.54) is 21.5 Å². The number of imidazole rings is 1. The number of aryl methyl sites for hydroxylation is 2. The lowest BCUT2D eigenvalue weighted by molar-refractivity contribution is 0.289. The van der Waals surface area contributed by atoms with E-state index in [1.54, 1.807) is 0 Å². The van der Waals surface area contributed by atoms with Crippen molar-refractivity contribution in [3.05, 3.63) is 71.2 Å². The summed E-state index contributed by atoms with van der Waals surface area (Å²) in [4.78, 5) is 12.1. The van der Waals surface area contributed by atoms with E-state index >= 15 is 0 Å². The molecule has 5 aromatic rings. The third kappa shape index (κ3) is 5.20. The molecule has 1 aliphatic heterocycles. The van der Waals surface area contributed by atoms with Crippen molar-refractivity contribution in [1.29, 1.82) is 0 Å². The molecule has 0 radical (unpaired) electrons. The molecule has 0 bridgehead atoms. The van der Waals surface area contributed by atoms with Gasteiger partial charge in [-0.2, -0.15) is 0 Å². The monoisotopic (exact) mass is 547 g/mol. The van der Waals surface area contributed by atoms with Gasteiger partial charge in [0.05, 0.1) is 22.4 Å². The summed E-state index contributed by atoms with van der Waals surface area (Å²) in [6.45, 7) is 7.50. The van der Waals surface area contributed by atoms with E-state index in [2.05, 4.69) is 76.0 Å². The minimum absolute atomic E-state index is 0. The molecule has 0 fully saturated rings. The maximum Gasteiger partial charge on any atom is 0.167 e. The van der Waals surface area contributed by atoms with Crippen LogP contribution in [0.1, 0.15) is 35.9 Å². The topological polar surface area (TPSA) is 60.0 Å². The molecule has 8 heteroatoms. The highest BCUT2D eigenvalue weighted by molar-refractivity contribution is 7.99. The van der Waals surface area contributed by atoms with Crippen LogP contribution in [0, 0.1) is 6.92 Å². The van der Waals surface area contributed by atoms with Crippen LogP contribution in [0.3, 0.4) is 0 Å².